The molecule has 1 aromatic rings. The van der Waals surface area contributed by atoms with Gasteiger partial charge in [0.25, 0.3) is 0 Å². The molecule has 0 amide bonds. The van der Waals surface area contributed by atoms with Crippen LogP contribution in [0, 0.1) is 19.8 Å². The number of hydrogen-bond acceptors (Lipinski definition) is 2. The van der Waals surface area contributed by atoms with Crippen molar-refractivity contribution in [3.05, 3.63) is 29.1 Å². The van der Waals surface area contributed by atoms with Crippen LogP contribution in [-0.2, 0) is 0 Å². The van der Waals surface area contributed by atoms with Gasteiger partial charge in [-0.05, 0) is 56.8 Å². The van der Waals surface area contributed by atoms with E-state index in [2.05, 4.69) is 57.1 Å². The van der Waals surface area contributed by atoms with Crippen molar-refractivity contribution >= 4 is 0 Å². The van der Waals surface area contributed by atoms with Gasteiger partial charge in [-0.15, -0.1) is 0 Å². The number of hydrogen-bond donors (Lipinski definition) is 1. The first-order chi connectivity index (χ1) is 9.06. The summed E-state index contributed by atoms with van der Waals surface area (Å²) < 4.78 is 0. The Bertz CT molecular complexity index is 353. The van der Waals surface area contributed by atoms with Gasteiger partial charge in [-0.25, -0.2) is 0 Å². The van der Waals surface area contributed by atoms with Crippen LogP contribution in [0.2, 0.25) is 0 Å². The lowest BCUT2D eigenvalue weighted by atomic mass is 9.92. The normalized spacial score (nSPS) is 14.4. The van der Waals surface area contributed by atoms with Crippen LogP contribution in [-0.4, -0.2) is 11.5 Å². The van der Waals surface area contributed by atoms with E-state index in [1.807, 2.05) is 0 Å². The van der Waals surface area contributed by atoms with Gasteiger partial charge < -0.3 is 5.32 Å². The minimum absolute atomic E-state index is 0.474. The summed E-state index contributed by atoms with van der Waals surface area (Å²) in [4.78, 5) is 4.48. The van der Waals surface area contributed by atoms with Gasteiger partial charge in [-0.1, -0.05) is 33.6 Å². The van der Waals surface area contributed by atoms with E-state index >= 15 is 0 Å². The van der Waals surface area contributed by atoms with Crippen LogP contribution >= 0.6 is 0 Å². The van der Waals surface area contributed by atoms with E-state index < -0.39 is 0 Å². The van der Waals surface area contributed by atoms with Crippen molar-refractivity contribution in [2.24, 2.45) is 5.92 Å². The van der Waals surface area contributed by atoms with Crippen LogP contribution < -0.4 is 5.32 Å². The van der Waals surface area contributed by atoms with Gasteiger partial charge >= 0.3 is 0 Å². The molecule has 1 N–H and O–H groups in total. The first-order valence-corrected chi connectivity index (χ1v) is 7.75. The molecule has 1 heterocycles. The van der Waals surface area contributed by atoms with Gasteiger partial charge in [0.1, 0.15) is 0 Å². The summed E-state index contributed by atoms with van der Waals surface area (Å²) in [6.45, 7) is 12.1. The predicted molar refractivity (Wildman–Crippen MR) is 83.4 cm³/mol. The number of nitrogens with one attached hydrogen (secondary N) is 1. The third-order valence-corrected chi connectivity index (χ3v) is 3.57. The summed E-state index contributed by atoms with van der Waals surface area (Å²) >= 11 is 0. The molecule has 2 nitrogen and oxygen atoms in total. The molecule has 0 saturated heterocycles. The second-order valence-electron chi connectivity index (χ2n) is 5.82. The molecule has 0 aromatic carbocycles. The molecule has 0 saturated carbocycles. The summed E-state index contributed by atoms with van der Waals surface area (Å²) in [6, 6.07) is 4.94. The number of aromatic nitrogens is 1. The van der Waals surface area contributed by atoms with Crippen molar-refractivity contribution in [3.63, 3.8) is 0 Å². The van der Waals surface area contributed by atoms with E-state index in [4.69, 9.17) is 0 Å². The zero-order valence-electron chi connectivity index (χ0n) is 13.3. The van der Waals surface area contributed by atoms with Gasteiger partial charge in [0, 0.05) is 17.4 Å². The molecule has 1 rings (SSSR count). The Labute approximate surface area is 119 Å². The Morgan fingerprint density at radius 2 is 1.74 bits per heavy atom. The summed E-state index contributed by atoms with van der Waals surface area (Å²) in [7, 11) is 0. The van der Waals surface area contributed by atoms with Gasteiger partial charge in [-0.3, -0.25) is 4.98 Å². The van der Waals surface area contributed by atoms with Crippen molar-refractivity contribution in [2.45, 2.75) is 66.3 Å². The van der Waals surface area contributed by atoms with Crippen molar-refractivity contribution in [3.8, 4) is 0 Å². The lowest BCUT2D eigenvalue weighted by Gasteiger charge is -2.23. The Hall–Kier alpha value is -0.890. The highest BCUT2D eigenvalue weighted by Gasteiger charge is 2.15. The summed E-state index contributed by atoms with van der Waals surface area (Å²) in [6.07, 6.45) is 4.99. The fourth-order valence-electron chi connectivity index (χ4n) is 2.74. The highest BCUT2D eigenvalue weighted by atomic mass is 14.9. The van der Waals surface area contributed by atoms with Crippen molar-refractivity contribution in [2.75, 3.05) is 6.54 Å². The molecule has 108 valence electrons. The van der Waals surface area contributed by atoms with Crippen LogP contribution in [0.1, 0.15) is 69.4 Å². The van der Waals surface area contributed by atoms with Gasteiger partial charge in [0.05, 0.1) is 0 Å². The number of pyridine rings is 1. The van der Waals surface area contributed by atoms with Crippen molar-refractivity contribution < 1.29 is 0 Å². The highest BCUT2D eigenvalue weighted by molar-refractivity contribution is 5.23. The molecule has 0 aliphatic rings. The van der Waals surface area contributed by atoms with E-state index in [0.717, 1.165) is 23.9 Å². The smallest absolute Gasteiger partial charge is 0.0379 e. The lowest BCUT2D eigenvalue weighted by molar-refractivity contribution is 0.390. The van der Waals surface area contributed by atoms with Gasteiger partial charge in [0.15, 0.2) is 0 Å². The average Bonchev–Trinajstić information content (AvgIpc) is 2.33. The van der Waals surface area contributed by atoms with Crippen LogP contribution in [0.5, 0.6) is 0 Å². The van der Waals surface area contributed by atoms with Crippen molar-refractivity contribution in [1.29, 1.82) is 0 Å². The third-order valence-electron chi connectivity index (χ3n) is 3.57. The molecule has 19 heavy (non-hydrogen) atoms. The highest BCUT2D eigenvalue weighted by Crippen LogP contribution is 2.24. The molecule has 0 spiro atoms. The molecule has 1 aromatic heterocycles. The zero-order chi connectivity index (χ0) is 14.3. The maximum absolute atomic E-state index is 4.48. The molecular formula is C17H30N2. The largest absolute Gasteiger partial charge is 0.310 e. The summed E-state index contributed by atoms with van der Waals surface area (Å²) in [5, 5.41) is 3.70. The Balaban J connectivity index is 2.82. The SMILES string of the molecule is CCCNC(CC(C)CCC)c1cc(C)nc(C)c1. The number of nitrogens with zero attached hydrogens (tertiary/aromatic N) is 1. The second kappa shape index (κ2) is 8.31. The molecule has 0 radical (unpaired) electrons. The fourth-order valence-corrected chi connectivity index (χ4v) is 2.74. The summed E-state index contributed by atoms with van der Waals surface area (Å²) in [5.41, 5.74) is 3.66. The van der Waals surface area contributed by atoms with E-state index in [1.165, 1.54) is 31.2 Å². The van der Waals surface area contributed by atoms with Crippen LogP contribution in [0.4, 0.5) is 0 Å². The third kappa shape index (κ3) is 5.73. The first kappa shape index (κ1) is 16.2. The van der Waals surface area contributed by atoms with Gasteiger partial charge in [-0.2, -0.15) is 0 Å². The quantitative estimate of drug-likeness (QED) is 0.742. The molecule has 2 atom stereocenters. The number of rotatable bonds is 8. The standard InChI is InChI=1S/C17H30N2/c1-6-8-13(3)10-17(18-9-7-2)16-11-14(4)19-15(5)12-16/h11-13,17-18H,6-10H2,1-5H3. The van der Waals surface area contributed by atoms with Crippen LogP contribution in [0.25, 0.3) is 0 Å². The topological polar surface area (TPSA) is 24.9 Å². The minimum atomic E-state index is 0.474. The molecule has 0 aliphatic heterocycles. The van der Waals surface area contributed by atoms with E-state index in [0.29, 0.717) is 6.04 Å². The molecule has 0 bridgehead atoms. The van der Waals surface area contributed by atoms with Gasteiger partial charge in [0.2, 0.25) is 0 Å². The molecular weight excluding hydrogens is 232 g/mol. The maximum atomic E-state index is 4.48. The van der Waals surface area contributed by atoms with Crippen LogP contribution in [0.3, 0.4) is 0 Å². The first-order valence-electron chi connectivity index (χ1n) is 7.75. The fraction of sp³-hybridized carbons (Fsp3) is 0.706. The van der Waals surface area contributed by atoms with E-state index in [1.54, 1.807) is 0 Å². The summed E-state index contributed by atoms with van der Waals surface area (Å²) in [5.74, 6) is 0.771. The average molecular weight is 262 g/mol. The Morgan fingerprint density at radius 3 is 2.26 bits per heavy atom. The lowest BCUT2D eigenvalue weighted by Crippen LogP contribution is -2.24. The predicted octanol–water partition coefficient (Wildman–Crippen LogP) is 4.57. The molecule has 2 heteroatoms. The van der Waals surface area contributed by atoms with Crippen molar-refractivity contribution in [1.82, 2.24) is 10.3 Å². The van der Waals surface area contributed by atoms with E-state index in [-0.39, 0.29) is 0 Å². The Morgan fingerprint density at radius 1 is 1.11 bits per heavy atom. The molecule has 2 unspecified atom stereocenters. The van der Waals surface area contributed by atoms with E-state index in [9.17, 15) is 0 Å². The maximum Gasteiger partial charge on any atom is 0.0379 e. The Kier molecular flexibility index (Phi) is 7.07. The molecule has 0 aliphatic carbocycles. The molecule has 0 fully saturated rings. The van der Waals surface area contributed by atoms with Crippen LogP contribution in [0.15, 0.2) is 12.1 Å². The second-order valence-corrected chi connectivity index (χ2v) is 5.82. The number of aryl methyl sites for hydroxylation is 2. The monoisotopic (exact) mass is 262 g/mol. The zero-order valence-corrected chi connectivity index (χ0v) is 13.3. The minimum Gasteiger partial charge on any atom is -0.310 e.